The Bertz CT molecular complexity index is 1070. The van der Waals surface area contributed by atoms with Crippen molar-refractivity contribution in [2.75, 3.05) is 6.61 Å². The summed E-state index contributed by atoms with van der Waals surface area (Å²) in [4.78, 5) is 38.3. The predicted octanol–water partition coefficient (Wildman–Crippen LogP) is 1.97. The van der Waals surface area contributed by atoms with Crippen molar-refractivity contribution in [3.05, 3.63) is 63.1 Å². The Morgan fingerprint density at radius 3 is 2.70 bits per heavy atom. The van der Waals surface area contributed by atoms with Gasteiger partial charge in [-0.25, -0.2) is 4.79 Å². The van der Waals surface area contributed by atoms with E-state index in [0.29, 0.717) is 11.3 Å². The third kappa shape index (κ3) is 2.51. The third-order valence-electron chi connectivity index (χ3n) is 4.76. The molecule has 2 N–H and O–H groups in total. The van der Waals surface area contributed by atoms with Gasteiger partial charge in [0, 0.05) is 12.0 Å². The van der Waals surface area contributed by atoms with Crippen LogP contribution in [0.25, 0.3) is 11.4 Å². The van der Waals surface area contributed by atoms with E-state index in [4.69, 9.17) is 10.5 Å². The number of carbonyl (C=O) groups is 2. The second kappa shape index (κ2) is 6.09. The zero-order chi connectivity index (χ0) is 19.3. The van der Waals surface area contributed by atoms with Crippen molar-refractivity contribution >= 4 is 28.5 Å². The van der Waals surface area contributed by atoms with Gasteiger partial charge >= 0.3 is 5.97 Å². The third-order valence-corrected chi connectivity index (χ3v) is 5.94. The normalized spacial score (nSPS) is 20.6. The largest absolute Gasteiger partial charge is 0.463 e. The van der Waals surface area contributed by atoms with Crippen molar-refractivity contribution < 1.29 is 14.3 Å². The van der Waals surface area contributed by atoms with Crippen molar-refractivity contribution in [3.8, 4) is 5.69 Å². The molecule has 2 aliphatic rings. The number of aromatic nitrogens is 2. The molecular formula is C19H17N3O4S. The first-order valence-corrected chi connectivity index (χ1v) is 9.31. The maximum absolute atomic E-state index is 13.2. The van der Waals surface area contributed by atoms with E-state index in [-0.39, 0.29) is 40.7 Å². The highest BCUT2D eigenvalue weighted by Crippen LogP contribution is 2.54. The Labute approximate surface area is 159 Å². The molecule has 2 aromatic rings. The lowest BCUT2D eigenvalue weighted by atomic mass is 9.81. The summed E-state index contributed by atoms with van der Waals surface area (Å²) < 4.78 is 5.50. The van der Waals surface area contributed by atoms with Gasteiger partial charge in [0.1, 0.15) is 5.69 Å². The molecule has 0 fully saturated rings. The van der Waals surface area contributed by atoms with Crippen LogP contribution in [0.5, 0.6) is 0 Å². The van der Waals surface area contributed by atoms with Gasteiger partial charge in [-0.05, 0) is 26.0 Å². The predicted molar refractivity (Wildman–Crippen MR) is 101 cm³/mol. The molecule has 0 saturated heterocycles. The zero-order valence-electron chi connectivity index (χ0n) is 14.8. The van der Waals surface area contributed by atoms with E-state index in [1.165, 1.54) is 4.68 Å². The maximum atomic E-state index is 13.2. The number of ether oxygens (including phenoxy) is 1. The molecule has 8 heteroatoms. The van der Waals surface area contributed by atoms with Gasteiger partial charge in [0.2, 0.25) is 5.12 Å². The van der Waals surface area contributed by atoms with Crippen molar-refractivity contribution in [3.63, 3.8) is 0 Å². The Kier molecular flexibility index (Phi) is 3.96. The number of rotatable bonds is 3. The highest BCUT2D eigenvalue weighted by Gasteiger charge is 2.50. The fourth-order valence-corrected chi connectivity index (χ4v) is 4.76. The van der Waals surface area contributed by atoms with Crippen molar-refractivity contribution in [2.24, 2.45) is 5.73 Å². The summed E-state index contributed by atoms with van der Waals surface area (Å²) in [6, 6.07) is 8.79. The topological polar surface area (TPSA) is 104 Å². The summed E-state index contributed by atoms with van der Waals surface area (Å²) >= 11 is 1.06. The first-order chi connectivity index (χ1) is 12.9. The summed E-state index contributed by atoms with van der Waals surface area (Å²) in [5.41, 5.74) is 7.49. The molecule has 1 aliphatic carbocycles. The first-order valence-electron chi connectivity index (χ1n) is 8.50. The second-order valence-corrected chi connectivity index (χ2v) is 8.04. The van der Waals surface area contributed by atoms with Crippen molar-refractivity contribution in [2.45, 2.75) is 25.0 Å². The molecule has 138 valence electrons. The van der Waals surface area contributed by atoms with Gasteiger partial charge in [0.25, 0.3) is 5.56 Å². The minimum atomic E-state index is -0.769. The summed E-state index contributed by atoms with van der Waals surface area (Å²) in [7, 11) is 0. The van der Waals surface area contributed by atoms with Gasteiger partial charge < -0.3 is 10.5 Å². The van der Waals surface area contributed by atoms with Crippen molar-refractivity contribution in [1.29, 1.82) is 0 Å². The van der Waals surface area contributed by atoms with Crippen LogP contribution >= 0.6 is 11.8 Å². The van der Waals surface area contributed by atoms with Crippen LogP contribution in [0.15, 0.2) is 40.7 Å². The minimum Gasteiger partial charge on any atom is -0.463 e. The molecule has 0 radical (unpaired) electrons. The Morgan fingerprint density at radius 2 is 2.04 bits per heavy atom. The molecule has 27 heavy (non-hydrogen) atoms. The molecular weight excluding hydrogens is 366 g/mol. The summed E-state index contributed by atoms with van der Waals surface area (Å²) in [5.74, 6) is -0.564. The lowest BCUT2D eigenvalue weighted by Crippen LogP contribution is -2.36. The molecule has 0 unspecified atom stereocenters. The number of esters is 1. The highest BCUT2D eigenvalue weighted by molar-refractivity contribution is 8.15. The van der Waals surface area contributed by atoms with E-state index in [1.54, 1.807) is 31.2 Å². The van der Waals surface area contributed by atoms with Crippen LogP contribution in [0.1, 0.15) is 41.9 Å². The number of thioether (sulfide) groups is 1. The average molecular weight is 383 g/mol. The molecule has 1 aliphatic heterocycles. The lowest BCUT2D eigenvalue weighted by Gasteiger charge is -2.31. The van der Waals surface area contributed by atoms with E-state index in [1.807, 2.05) is 13.0 Å². The molecule has 0 saturated carbocycles. The molecule has 1 aromatic heterocycles. The molecule has 1 aromatic carbocycles. The van der Waals surface area contributed by atoms with Crippen molar-refractivity contribution in [1.82, 2.24) is 9.78 Å². The molecule has 0 bridgehead atoms. The van der Waals surface area contributed by atoms with Crippen LogP contribution in [-0.4, -0.2) is 27.5 Å². The zero-order valence-corrected chi connectivity index (χ0v) is 15.6. The maximum Gasteiger partial charge on any atom is 0.336 e. The molecule has 1 atom stereocenters. The number of hydrogen-bond donors (Lipinski definition) is 1. The Morgan fingerprint density at radius 1 is 1.33 bits per heavy atom. The molecule has 4 rings (SSSR count). The Balaban J connectivity index is 2.05. The fraction of sp³-hybridized carbons (Fsp3) is 0.263. The lowest BCUT2D eigenvalue weighted by molar-refractivity contribution is -0.138. The number of carbonyl (C=O) groups excluding carboxylic acids is 2. The number of nitrogens with two attached hydrogens (primary N) is 1. The van der Waals surface area contributed by atoms with Crippen LogP contribution in [0.3, 0.4) is 0 Å². The quantitative estimate of drug-likeness (QED) is 0.808. The Hall–Kier alpha value is -2.87. The van der Waals surface area contributed by atoms with Crippen LogP contribution in [0, 0.1) is 0 Å². The molecule has 7 nitrogen and oxygen atoms in total. The monoisotopic (exact) mass is 383 g/mol. The SMILES string of the molecule is CCOC(=O)C1=C(N)c2c3c(nn(-c4ccccc4)c2=O)C(=O)S[C@]3(C)C1. The van der Waals surface area contributed by atoms with E-state index in [0.717, 1.165) is 11.8 Å². The first kappa shape index (κ1) is 17.5. The average Bonchev–Trinajstić information content (AvgIpc) is 2.90. The van der Waals surface area contributed by atoms with E-state index in [9.17, 15) is 14.4 Å². The number of para-hydroxylation sites is 1. The van der Waals surface area contributed by atoms with Crippen LogP contribution in [0.2, 0.25) is 0 Å². The van der Waals surface area contributed by atoms with Gasteiger partial charge in [-0.3, -0.25) is 9.59 Å². The van der Waals surface area contributed by atoms with Gasteiger partial charge in [0.15, 0.2) is 0 Å². The van der Waals surface area contributed by atoms with E-state index in [2.05, 4.69) is 5.10 Å². The number of nitrogens with zero attached hydrogens (tertiary/aromatic N) is 2. The van der Waals surface area contributed by atoms with Crippen LogP contribution < -0.4 is 11.3 Å². The van der Waals surface area contributed by atoms with Gasteiger partial charge in [-0.2, -0.15) is 9.78 Å². The molecule has 2 heterocycles. The smallest absolute Gasteiger partial charge is 0.336 e. The standard InChI is InChI=1S/C19H17N3O4S/c1-3-26-17(24)11-9-19(2)13-12(14(11)20)16(23)22(10-7-5-4-6-8-10)21-15(13)18(25)27-19/h4-8H,3,9,20H2,1-2H3/t19-/m1/s1. The fourth-order valence-electron chi connectivity index (χ4n) is 3.59. The highest BCUT2D eigenvalue weighted by atomic mass is 32.2. The molecule has 0 amide bonds. The van der Waals surface area contributed by atoms with Gasteiger partial charge in [-0.1, -0.05) is 30.0 Å². The number of benzene rings is 1. The van der Waals surface area contributed by atoms with E-state index < -0.39 is 16.3 Å². The van der Waals surface area contributed by atoms with Crippen LogP contribution in [-0.2, 0) is 14.3 Å². The summed E-state index contributed by atoms with van der Waals surface area (Å²) in [6.45, 7) is 3.72. The molecule has 0 spiro atoms. The second-order valence-electron chi connectivity index (χ2n) is 6.56. The van der Waals surface area contributed by atoms with E-state index >= 15 is 0 Å². The minimum absolute atomic E-state index is 0.0644. The summed E-state index contributed by atoms with van der Waals surface area (Å²) in [5, 5.41) is 4.08. The van der Waals surface area contributed by atoms with Crippen LogP contribution in [0.4, 0.5) is 0 Å². The summed E-state index contributed by atoms with van der Waals surface area (Å²) in [6.07, 6.45) is 0.213. The van der Waals surface area contributed by atoms with Gasteiger partial charge in [0.05, 0.1) is 33.9 Å². The van der Waals surface area contributed by atoms with Gasteiger partial charge in [-0.15, -0.1) is 0 Å². The number of hydrogen-bond acceptors (Lipinski definition) is 7.